The molecule has 0 bridgehead atoms. The maximum atomic E-state index is 12.3. The molecule has 0 radical (unpaired) electrons. The predicted molar refractivity (Wildman–Crippen MR) is 132 cm³/mol. The number of aromatic nitrogens is 3. The molecule has 0 fully saturated rings. The maximum absolute atomic E-state index is 12.3. The van der Waals surface area contributed by atoms with Gasteiger partial charge in [-0.05, 0) is 29.8 Å². The zero-order valence-corrected chi connectivity index (χ0v) is 19.3. The van der Waals surface area contributed by atoms with E-state index in [2.05, 4.69) is 9.97 Å². The summed E-state index contributed by atoms with van der Waals surface area (Å²) in [5, 5.41) is 12.3. The lowest BCUT2D eigenvalue weighted by Gasteiger charge is -2.13. The minimum atomic E-state index is -1.08. The molecule has 0 aliphatic rings. The first-order valence-corrected chi connectivity index (χ1v) is 11.1. The van der Waals surface area contributed by atoms with E-state index in [0.717, 1.165) is 16.5 Å². The number of carboxylic acid groups (broad SMARTS) is 1. The van der Waals surface area contributed by atoms with Crippen LogP contribution in [0.5, 0.6) is 0 Å². The molecule has 0 aliphatic carbocycles. The van der Waals surface area contributed by atoms with Crippen LogP contribution in [0, 0.1) is 0 Å². The molecule has 0 atom stereocenters. The molecule has 0 unspecified atom stereocenters. The van der Waals surface area contributed by atoms with Gasteiger partial charge in [0.15, 0.2) is 0 Å². The first-order chi connectivity index (χ1) is 15.9. The monoisotopic (exact) mass is 495 g/mol. The lowest BCUT2D eigenvalue weighted by atomic mass is 10.0. The highest BCUT2D eigenvalue weighted by Gasteiger charge is 2.25. The Bertz CT molecular complexity index is 1510. The van der Waals surface area contributed by atoms with Crippen LogP contribution < -0.4 is 0 Å². The fourth-order valence-electron chi connectivity index (χ4n) is 3.98. The van der Waals surface area contributed by atoms with Crippen molar-refractivity contribution >= 4 is 51.7 Å². The van der Waals surface area contributed by atoms with Gasteiger partial charge >= 0.3 is 5.97 Å². The number of aromatic amines is 1. The van der Waals surface area contributed by atoms with Crippen molar-refractivity contribution in [2.75, 3.05) is 0 Å². The van der Waals surface area contributed by atoms with Crippen molar-refractivity contribution in [1.82, 2.24) is 14.5 Å². The second-order valence-electron chi connectivity index (χ2n) is 7.54. The van der Waals surface area contributed by atoms with E-state index in [9.17, 15) is 9.90 Å². The number of halogens is 3. The molecule has 0 aliphatic heterocycles. The quantitative estimate of drug-likeness (QED) is 0.266. The van der Waals surface area contributed by atoms with Crippen LogP contribution in [0.4, 0.5) is 0 Å². The lowest BCUT2D eigenvalue weighted by Crippen LogP contribution is -2.05. The van der Waals surface area contributed by atoms with E-state index in [-0.39, 0.29) is 5.69 Å². The van der Waals surface area contributed by atoms with Gasteiger partial charge in [-0.25, -0.2) is 9.78 Å². The fraction of sp³-hybridized carbons (Fsp3) is 0.0400. The average molecular weight is 497 g/mol. The molecule has 0 spiro atoms. The average Bonchev–Trinajstić information content (AvgIpc) is 3.37. The second-order valence-corrected chi connectivity index (χ2v) is 8.82. The van der Waals surface area contributed by atoms with E-state index in [4.69, 9.17) is 34.8 Å². The summed E-state index contributed by atoms with van der Waals surface area (Å²) in [7, 11) is 0. The topological polar surface area (TPSA) is 70.9 Å². The van der Waals surface area contributed by atoms with Crippen LogP contribution in [0.25, 0.3) is 33.4 Å². The van der Waals surface area contributed by atoms with Gasteiger partial charge < -0.3 is 14.7 Å². The summed E-state index contributed by atoms with van der Waals surface area (Å²) in [6.07, 6.45) is 1.70. The van der Waals surface area contributed by atoms with Crippen molar-refractivity contribution in [1.29, 1.82) is 0 Å². The van der Waals surface area contributed by atoms with E-state index in [1.54, 1.807) is 30.6 Å². The summed E-state index contributed by atoms with van der Waals surface area (Å²) < 4.78 is 1.90. The standard InChI is InChI=1S/C25H16Cl3N3O2/c26-16-7-6-15(19(28)10-16)12-31-13-29-22(14-4-2-1-3-5-14)24(31)21-18-9-8-17(27)11-20(18)30-23(21)25(32)33/h1-11,13,30H,12H2,(H,32,33). The van der Waals surface area contributed by atoms with Crippen LogP contribution in [0.2, 0.25) is 15.1 Å². The highest BCUT2D eigenvalue weighted by molar-refractivity contribution is 6.35. The number of nitrogens with zero attached hydrogens (tertiary/aromatic N) is 2. The Labute approximate surface area is 204 Å². The van der Waals surface area contributed by atoms with Gasteiger partial charge in [0.05, 0.1) is 24.3 Å². The molecular formula is C25H16Cl3N3O2. The van der Waals surface area contributed by atoms with Crippen LogP contribution in [-0.4, -0.2) is 25.6 Å². The molecule has 33 heavy (non-hydrogen) atoms. The Balaban J connectivity index is 1.80. The van der Waals surface area contributed by atoms with Crippen LogP contribution >= 0.6 is 34.8 Å². The normalized spacial score (nSPS) is 11.2. The Hall–Kier alpha value is -3.25. The van der Waals surface area contributed by atoms with Crippen molar-refractivity contribution in [2.24, 2.45) is 0 Å². The summed E-state index contributed by atoms with van der Waals surface area (Å²) >= 11 is 18.7. The van der Waals surface area contributed by atoms with Gasteiger partial charge in [-0.1, -0.05) is 77.3 Å². The van der Waals surface area contributed by atoms with Gasteiger partial charge in [-0.2, -0.15) is 0 Å². The predicted octanol–water partition coefficient (Wildman–Crippen LogP) is 7.41. The van der Waals surface area contributed by atoms with Crippen molar-refractivity contribution < 1.29 is 9.90 Å². The molecule has 164 valence electrons. The number of hydrogen-bond donors (Lipinski definition) is 2. The molecule has 2 aromatic heterocycles. The number of hydrogen-bond acceptors (Lipinski definition) is 2. The summed E-state index contributed by atoms with van der Waals surface area (Å²) in [6.45, 7) is 0.379. The fourth-order valence-corrected chi connectivity index (χ4v) is 4.62. The summed E-state index contributed by atoms with van der Waals surface area (Å²) in [6, 6.07) is 20.2. The molecule has 2 heterocycles. The number of imidazole rings is 1. The Morgan fingerprint density at radius 1 is 0.970 bits per heavy atom. The number of carbonyl (C=O) groups is 1. The second kappa shape index (κ2) is 8.60. The van der Waals surface area contributed by atoms with Crippen molar-refractivity contribution in [2.45, 2.75) is 6.54 Å². The number of H-pyrrole nitrogens is 1. The third-order valence-corrected chi connectivity index (χ3v) is 6.27. The molecule has 5 rings (SSSR count). The van der Waals surface area contributed by atoms with Crippen LogP contribution in [0.1, 0.15) is 16.1 Å². The van der Waals surface area contributed by atoms with E-state index < -0.39 is 5.97 Å². The third-order valence-electron chi connectivity index (χ3n) is 5.45. The van der Waals surface area contributed by atoms with Crippen molar-refractivity contribution in [3.8, 4) is 22.5 Å². The van der Waals surface area contributed by atoms with Crippen LogP contribution in [0.15, 0.2) is 73.1 Å². The Morgan fingerprint density at radius 3 is 2.42 bits per heavy atom. The van der Waals surface area contributed by atoms with Gasteiger partial charge in [-0.3, -0.25) is 0 Å². The third kappa shape index (κ3) is 4.00. The number of aromatic carboxylic acids is 1. The minimum absolute atomic E-state index is 0.0633. The summed E-state index contributed by atoms with van der Waals surface area (Å²) in [4.78, 5) is 19.9. The molecule has 5 nitrogen and oxygen atoms in total. The maximum Gasteiger partial charge on any atom is 0.353 e. The first-order valence-electron chi connectivity index (χ1n) is 10.0. The molecule has 5 aromatic rings. The van der Waals surface area contributed by atoms with Gasteiger partial charge in [0, 0.05) is 37.1 Å². The smallest absolute Gasteiger partial charge is 0.353 e. The minimum Gasteiger partial charge on any atom is -0.477 e. The van der Waals surface area contributed by atoms with E-state index in [0.29, 0.717) is 44.1 Å². The molecule has 0 amide bonds. The van der Waals surface area contributed by atoms with Gasteiger partial charge in [0.1, 0.15) is 5.69 Å². The first kappa shape index (κ1) is 21.6. The number of nitrogens with one attached hydrogen (secondary N) is 1. The summed E-state index contributed by atoms with van der Waals surface area (Å²) in [5.74, 6) is -1.08. The van der Waals surface area contributed by atoms with Crippen LogP contribution in [0.3, 0.4) is 0 Å². The highest BCUT2D eigenvalue weighted by Crippen LogP contribution is 2.39. The van der Waals surface area contributed by atoms with E-state index in [1.165, 1.54) is 0 Å². The number of benzene rings is 3. The van der Waals surface area contributed by atoms with Gasteiger partial charge in [-0.15, -0.1) is 0 Å². The molecule has 3 aromatic carbocycles. The van der Waals surface area contributed by atoms with E-state index in [1.807, 2.05) is 47.0 Å². The highest BCUT2D eigenvalue weighted by atomic mass is 35.5. The Kier molecular flexibility index (Phi) is 5.62. The van der Waals surface area contributed by atoms with Gasteiger partial charge in [0.25, 0.3) is 0 Å². The largest absolute Gasteiger partial charge is 0.477 e. The van der Waals surface area contributed by atoms with Crippen molar-refractivity contribution in [3.05, 3.63) is 99.4 Å². The molecular weight excluding hydrogens is 481 g/mol. The van der Waals surface area contributed by atoms with E-state index >= 15 is 0 Å². The molecule has 8 heteroatoms. The lowest BCUT2D eigenvalue weighted by molar-refractivity contribution is 0.0692. The number of fused-ring (bicyclic) bond motifs is 1. The van der Waals surface area contributed by atoms with Crippen molar-refractivity contribution in [3.63, 3.8) is 0 Å². The Morgan fingerprint density at radius 2 is 1.70 bits per heavy atom. The number of rotatable bonds is 5. The zero-order valence-electron chi connectivity index (χ0n) is 17.0. The molecule has 0 saturated heterocycles. The summed E-state index contributed by atoms with van der Waals surface area (Å²) in [5.41, 5.74) is 4.26. The zero-order chi connectivity index (χ0) is 23.1. The van der Waals surface area contributed by atoms with Crippen LogP contribution in [-0.2, 0) is 6.54 Å². The van der Waals surface area contributed by atoms with Gasteiger partial charge in [0.2, 0.25) is 0 Å². The molecule has 0 saturated carbocycles. The number of carboxylic acids is 1. The SMILES string of the molecule is O=C(O)c1[nH]c2cc(Cl)ccc2c1-c1c(-c2ccccc2)ncn1Cc1ccc(Cl)cc1Cl. The molecule has 2 N–H and O–H groups in total.